The van der Waals surface area contributed by atoms with Crippen molar-refractivity contribution in [3.05, 3.63) is 0 Å². The van der Waals surface area contributed by atoms with Crippen molar-refractivity contribution in [2.24, 2.45) is 5.73 Å². The van der Waals surface area contributed by atoms with Crippen LogP contribution >= 0.6 is 0 Å². The van der Waals surface area contributed by atoms with Crippen molar-refractivity contribution in [1.82, 2.24) is 4.90 Å². The van der Waals surface area contributed by atoms with Crippen molar-refractivity contribution in [2.75, 3.05) is 19.7 Å². The van der Waals surface area contributed by atoms with Gasteiger partial charge in [-0.05, 0) is 6.92 Å². The fourth-order valence-electron chi connectivity index (χ4n) is 0.976. The fraction of sp³-hybridized carbons (Fsp3) is 0.833. The predicted molar refractivity (Wildman–Crippen MR) is 38.9 cm³/mol. The van der Waals surface area contributed by atoms with Crippen LogP contribution in [-0.2, 0) is 4.74 Å². The third-order valence-corrected chi connectivity index (χ3v) is 1.59. The number of rotatable bonds is 2. The van der Waals surface area contributed by atoms with Crippen LogP contribution in [0.2, 0.25) is 0 Å². The van der Waals surface area contributed by atoms with E-state index in [9.17, 15) is 0 Å². The number of ether oxygens (including phenoxy) is 1. The summed E-state index contributed by atoms with van der Waals surface area (Å²) >= 11 is 0. The number of guanidine groups is 1. The van der Waals surface area contributed by atoms with Gasteiger partial charge in [0.15, 0.2) is 5.96 Å². The molecule has 1 fully saturated rings. The van der Waals surface area contributed by atoms with Gasteiger partial charge in [-0.25, -0.2) is 0 Å². The number of hydrogen-bond acceptors (Lipinski definition) is 2. The van der Waals surface area contributed by atoms with E-state index in [0.29, 0.717) is 6.10 Å². The van der Waals surface area contributed by atoms with Crippen molar-refractivity contribution in [3.8, 4) is 0 Å². The van der Waals surface area contributed by atoms with Crippen LogP contribution < -0.4 is 5.73 Å². The molecule has 10 heavy (non-hydrogen) atoms. The predicted octanol–water partition coefficient (Wildman–Crippen LogP) is -0.399. The van der Waals surface area contributed by atoms with Crippen molar-refractivity contribution in [2.45, 2.75) is 13.0 Å². The molecule has 1 saturated heterocycles. The Labute approximate surface area is 60.5 Å². The summed E-state index contributed by atoms with van der Waals surface area (Å²) in [6, 6.07) is 0. The highest BCUT2D eigenvalue weighted by Gasteiger charge is 2.27. The molecule has 0 unspecified atom stereocenters. The molecule has 0 bridgehead atoms. The molecule has 0 aromatic heterocycles. The summed E-state index contributed by atoms with van der Waals surface area (Å²) in [5.74, 6) is 0.149. The molecule has 0 atom stereocenters. The molecule has 1 heterocycles. The molecular weight excluding hydrogens is 130 g/mol. The van der Waals surface area contributed by atoms with Gasteiger partial charge in [-0.2, -0.15) is 0 Å². The Morgan fingerprint density at radius 3 is 2.80 bits per heavy atom. The zero-order valence-corrected chi connectivity index (χ0v) is 6.13. The lowest BCUT2D eigenvalue weighted by atomic mass is 10.2. The van der Waals surface area contributed by atoms with Crippen LogP contribution in [0.4, 0.5) is 0 Å². The highest BCUT2D eigenvalue weighted by molar-refractivity contribution is 5.75. The highest BCUT2D eigenvalue weighted by Crippen LogP contribution is 2.09. The zero-order valence-electron chi connectivity index (χ0n) is 6.13. The molecule has 3 N–H and O–H groups in total. The number of nitrogens with two attached hydrogens (primary N) is 1. The Morgan fingerprint density at radius 2 is 2.40 bits per heavy atom. The summed E-state index contributed by atoms with van der Waals surface area (Å²) < 4.78 is 5.26. The first-order chi connectivity index (χ1) is 4.74. The summed E-state index contributed by atoms with van der Waals surface area (Å²) in [6.45, 7) is 4.28. The third kappa shape index (κ3) is 1.39. The smallest absolute Gasteiger partial charge is 0.188 e. The average molecular weight is 143 g/mol. The molecule has 0 amide bonds. The van der Waals surface area contributed by atoms with Crippen molar-refractivity contribution in [3.63, 3.8) is 0 Å². The second-order valence-corrected chi connectivity index (χ2v) is 2.37. The lowest BCUT2D eigenvalue weighted by Crippen LogP contribution is -2.56. The van der Waals surface area contributed by atoms with Crippen LogP contribution in [0.3, 0.4) is 0 Å². The molecule has 1 rings (SSSR count). The molecule has 0 aliphatic carbocycles. The molecule has 58 valence electrons. The molecule has 4 heteroatoms. The first-order valence-corrected chi connectivity index (χ1v) is 3.44. The minimum Gasteiger partial charge on any atom is -0.375 e. The van der Waals surface area contributed by atoms with Crippen LogP contribution in [0.5, 0.6) is 0 Å². The SMILES string of the molecule is CCOC1CN(C(=N)N)C1. The number of likely N-dealkylation sites (tertiary alicyclic amines) is 1. The highest BCUT2D eigenvalue weighted by atomic mass is 16.5. The van der Waals surface area contributed by atoms with E-state index in [-0.39, 0.29) is 5.96 Å². The van der Waals surface area contributed by atoms with E-state index < -0.39 is 0 Å². The van der Waals surface area contributed by atoms with Gasteiger partial charge in [0.1, 0.15) is 0 Å². The van der Waals surface area contributed by atoms with E-state index in [4.69, 9.17) is 15.9 Å². The lowest BCUT2D eigenvalue weighted by Gasteiger charge is -2.38. The standard InChI is InChI=1S/C6H13N3O/c1-2-10-5-3-9(4-5)6(7)8/h5H,2-4H2,1H3,(H3,7,8). The van der Waals surface area contributed by atoms with Crippen LogP contribution in [0.25, 0.3) is 0 Å². The van der Waals surface area contributed by atoms with Crippen LogP contribution in [0.1, 0.15) is 6.92 Å². The van der Waals surface area contributed by atoms with Gasteiger partial charge < -0.3 is 15.4 Å². The largest absolute Gasteiger partial charge is 0.375 e. The first kappa shape index (κ1) is 7.34. The van der Waals surface area contributed by atoms with Crippen molar-refractivity contribution in [1.29, 1.82) is 5.41 Å². The van der Waals surface area contributed by atoms with Gasteiger partial charge in [-0.1, -0.05) is 0 Å². The maximum absolute atomic E-state index is 7.02. The van der Waals surface area contributed by atoms with Gasteiger partial charge in [-0.3, -0.25) is 5.41 Å². The van der Waals surface area contributed by atoms with Gasteiger partial charge in [-0.15, -0.1) is 0 Å². The molecular formula is C6H13N3O. The van der Waals surface area contributed by atoms with E-state index in [0.717, 1.165) is 19.7 Å². The number of nitrogens with one attached hydrogen (secondary N) is 1. The summed E-state index contributed by atoms with van der Waals surface area (Å²) in [7, 11) is 0. The molecule has 0 radical (unpaired) electrons. The van der Waals surface area contributed by atoms with E-state index in [2.05, 4.69) is 0 Å². The maximum Gasteiger partial charge on any atom is 0.188 e. The average Bonchev–Trinajstić information content (AvgIpc) is 1.76. The quantitative estimate of drug-likeness (QED) is 0.408. The summed E-state index contributed by atoms with van der Waals surface area (Å²) in [5.41, 5.74) is 5.21. The van der Waals surface area contributed by atoms with E-state index in [1.807, 2.05) is 6.92 Å². The summed E-state index contributed by atoms with van der Waals surface area (Å²) in [5, 5.41) is 7.02. The van der Waals surface area contributed by atoms with Gasteiger partial charge in [0, 0.05) is 19.7 Å². The van der Waals surface area contributed by atoms with Crippen LogP contribution in [0, 0.1) is 5.41 Å². The third-order valence-electron chi connectivity index (χ3n) is 1.59. The van der Waals surface area contributed by atoms with E-state index in [1.165, 1.54) is 0 Å². The van der Waals surface area contributed by atoms with Gasteiger partial charge in [0.2, 0.25) is 0 Å². The Hall–Kier alpha value is -0.770. The molecule has 4 nitrogen and oxygen atoms in total. The first-order valence-electron chi connectivity index (χ1n) is 3.44. The van der Waals surface area contributed by atoms with Crippen LogP contribution in [-0.4, -0.2) is 36.7 Å². The minimum absolute atomic E-state index is 0.149. The van der Waals surface area contributed by atoms with Crippen LogP contribution in [0.15, 0.2) is 0 Å². The Bertz CT molecular complexity index is 131. The molecule has 0 aromatic carbocycles. The monoisotopic (exact) mass is 143 g/mol. The topological polar surface area (TPSA) is 62.3 Å². The molecule has 0 spiro atoms. The van der Waals surface area contributed by atoms with Gasteiger partial charge in [0.25, 0.3) is 0 Å². The number of nitrogens with zero attached hydrogens (tertiary/aromatic N) is 1. The summed E-state index contributed by atoms with van der Waals surface area (Å²) in [6.07, 6.45) is 0.300. The Balaban J connectivity index is 2.12. The molecule has 1 aliphatic rings. The second kappa shape index (κ2) is 2.88. The normalized spacial score (nSPS) is 18.7. The van der Waals surface area contributed by atoms with Gasteiger partial charge in [0.05, 0.1) is 6.10 Å². The molecule has 0 saturated carbocycles. The van der Waals surface area contributed by atoms with Gasteiger partial charge >= 0.3 is 0 Å². The second-order valence-electron chi connectivity index (χ2n) is 2.37. The number of hydrogen-bond donors (Lipinski definition) is 2. The van der Waals surface area contributed by atoms with Crippen molar-refractivity contribution < 1.29 is 4.74 Å². The molecule has 0 aromatic rings. The Kier molecular flexibility index (Phi) is 2.11. The van der Waals surface area contributed by atoms with E-state index >= 15 is 0 Å². The Morgan fingerprint density at radius 1 is 1.80 bits per heavy atom. The van der Waals surface area contributed by atoms with E-state index in [1.54, 1.807) is 4.90 Å². The summed E-state index contributed by atoms with van der Waals surface area (Å²) in [4.78, 5) is 1.78. The fourth-order valence-corrected chi connectivity index (χ4v) is 0.976. The lowest BCUT2D eigenvalue weighted by molar-refractivity contribution is -0.0202. The maximum atomic E-state index is 7.02. The minimum atomic E-state index is 0.149. The van der Waals surface area contributed by atoms with Crippen molar-refractivity contribution >= 4 is 5.96 Å². The molecule has 1 aliphatic heterocycles. The zero-order chi connectivity index (χ0) is 7.56.